The van der Waals surface area contributed by atoms with Crippen LogP contribution in [-0.2, 0) is 10.0 Å². The van der Waals surface area contributed by atoms with Crippen molar-refractivity contribution in [2.75, 3.05) is 10.5 Å². The summed E-state index contributed by atoms with van der Waals surface area (Å²) in [5, 5.41) is 0. The fraction of sp³-hybridized carbons (Fsp3) is 0.400. The van der Waals surface area contributed by atoms with Crippen molar-refractivity contribution in [2.24, 2.45) is 0 Å². The molecule has 1 aromatic rings. The number of benzene rings is 1. The largest absolute Gasteiger partial charge is 0.281 e. The second-order valence-corrected chi connectivity index (χ2v) is 5.25. The third kappa shape index (κ3) is 3.51. The van der Waals surface area contributed by atoms with E-state index in [2.05, 4.69) is 4.72 Å². The summed E-state index contributed by atoms with van der Waals surface area (Å²) in [6.07, 6.45) is 0.503. The van der Waals surface area contributed by atoms with Crippen LogP contribution >= 0.6 is 0 Å². The Kier molecular flexibility index (Phi) is 3.68. The molecule has 1 N–H and O–H groups in total. The highest BCUT2D eigenvalue weighted by Gasteiger charge is 2.11. The van der Waals surface area contributed by atoms with Gasteiger partial charge < -0.3 is 0 Å². The van der Waals surface area contributed by atoms with Crippen LogP contribution in [0.3, 0.4) is 0 Å². The summed E-state index contributed by atoms with van der Waals surface area (Å²) >= 11 is 0. The number of anilines is 1. The van der Waals surface area contributed by atoms with Crippen LogP contribution in [0, 0.1) is 12.7 Å². The molecule has 0 fully saturated rings. The van der Waals surface area contributed by atoms with Gasteiger partial charge in [-0.2, -0.15) is 0 Å². The zero-order chi connectivity index (χ0) is 11.5. The standard InChI is InChI=1S/C10H14FNO2S/c1-3-6-15(13,14)12-10-7-8(2)4-5-9(10)11/h4-5,7,12H,3,6H2,1-2H3. The second-order valence-electron chi connectivity index (χ2n) is 3.40. The minimum Gasteiger partial charge on any atom is -0.281 e. The maximum absolute atomic E-state index is 13.2. The molecular weight excluding hydrogens is 217 g/mol. The molecule has 1 aromatic carbocycles. The van der Waals surface area contributed by atoms with Gasteiger partial charge in [-0.05, 0) is 31.0 Å². The molecular formula is C10H14FNO2S. The van der Waals surface area contributed by atoms with Crippen LogP contribution < -0.4 is 4.72 Å². The number of rotatable bonds is 4. The lowest BCUT2D eigenvalue weighted by atomic mass is 10.2. The van der Waals surface area contributed by atoms with Gasteiger partial charge in [0.15, 0.2) is 0 Å². The summed E-state index contributed by atoms with van der Waals surface area (Å²) in [6, 6.07) is 4.31. The quantitative estimate of drug-likeness (QED) is 0.864. The molecule has 0 saturated heterocycles. The van der Waals surface area contributed by atoms with Crippen molar-refractivity contribution in [1.82, 2.24) is 0 Å². The minimum atomic E-state index is -3.41. The van der Waals surface area contributed by atoms with Crippen LogP contribution in [0.5, 0.6) is 0 Å². The molecule has 0 spiro atoms. The summed E-state index contributed by atoms with van der Waals surface area (Å²) in [5.41, 5.74) is 0.828. The van der Waals surface area contributed by atoms with E-state index in [-0.39, 0.29) is 11.4 Å². The molecule has 0 radical (unpaired) electrons. The Morgan fingerprint density at radius 3 is 2.67 bits per heavy atom. The minimum absolute atomic E-state index is 0.000379. The second kappa shape index (κ2) is 4.61. The Balaban J connectivity index is 2.94. The van der Waals surface area contributed by atoms with Crippen LogP contribution in [0.15, 0.2) is 18.2 Å². The molecule has 0 aliphatic carbocycles. The SMILES string of the molecule is CCCS(=O)(=O)Nc1cc(C)ccc1F. The van der Waals surface area contributed by atoms with Gasteiger partial charge in [-0.1, -0.05) is 13.0 Å². The summed E-state index contributed by atoms with van der Waals surface area (Å²) in [7, 11) is -3.41. The van der Waals surface area contributed by atoms with Crippen molar-refractivity contribution in [2.45, 2.75) is 20.3 Å². The third-order valence-electron chi connectivity index (χ3n) is 1.86. The Bertz CT molecular complexity index is 443. The molecule has 1 rings (SSSR count). The third-order valence-corrected chi connectivity index (χ3v) is 3.34. The summed E-state index contributed by atoms with van der Waals surface area (Å²) in [4.78, 5) is 0. The zero-order valence-electron chi connectivity index (χ0n) is 8.75. The van der Waals surface area contributed by atoms with E-state index in [9.17, 15) is 12.8 Å². The average Bonchev–Trinajstić information content (AvgIpc) is 2.10. The molecule has 0 heterocycles. The van der Waals surface area contributed by atoms with E-state index in [0.717, 1.165) is 5.56 Å². The van der Waals surface area contributed by atoms with Gasteiger partial charge in [-0.3, -0.25) is 4.72 Å². The highest BCUT2D eigenvalue weighted by atomic mass is 32.2. The maximum Gasteiger partial charge on any atom is 0.232 e. The molecule has 0 saturated carbocycles. The van der Waals surface area contributed by atoms with Crippen molar-refractivity contribution in [3.05, 3.63) is 29.6 Å². The lowest BCUT2D eigenvalue weighted by molar-refractivity contribution is 0.597. The number of hydrogen-bond donors (Lipinski definition) is 1. The van der Waals surface area contributed by atoms with Gasteiger partial charge in [-0.15, -0.1) is 0 Å². The van der Waals surface area contributed by atoms with E-state index < -0.39 is 15.8 Å². The molecule has 0 unspecified atom stereocenters. The normalized spacial score (nSPS) is 11.4. The van der Waals surface area contributed by atoms with Crippen LogP contribution in [0.25, 0.3) is 0 Å². The van der Waals surface area contributed by atoms with E-state index in [0.29, 0.717) is 6.42 Å². The zero-order valence-corrected chi connectivity index (χ0v) is 9.57. The molecule has 0 aromatic heterocycles. The molecule has 3 nitrogen and oxygen atoms in total. The first-order valence-electron chi connectivity index (χ1n) is 4.71. The van der Waals surface area contributed by atoms with Gasteiger partial charge in [0.1, 0.15) is 5.82 Å². The predicted molar refractivity (Wildman–Crippen MR) is 58.8 cm³/mol. The smallest absolute Gasteiger partial charge is 0.232 e. The number of hydrogen-bond acceptors (Lipinski definition) is 2. The van der Waals surface area contributed by atoms with Crippen LogP contribution in [-0.4, -0.2) is 14.2 Å². The van der Waals surface area contributed by atoms with E-state index >= 15 is 0 Å². The fourth-order valence-corrected chi connectivity index (χ4v) is 2.34. The predicted octanol–water partition coefficient (Wildman–Crippen LogP) is 2.29. The van der Waals surface area contributed by atoms with Gasteiger partial charge in [0.2, 0.25) is 10.0 Å². The average molecular weight is 231 g/mol. The van der Waals surface area contributed by atoms with E-state index in [1.54, 1.807) is 19.9 Å². The topological polar surface area (TPSA) is 46.2 Å². The number of nitrogens with one attached hydrogen (secondary N) is 1. The molecule has 5 heteroatoms. The van der Waals surface area contributed by atoms with Gasteiger partial charge in [0, 0.05) is 0 Å². The first kappa shape index (κ1) is 12.0. The lowest BCUT2D eigenvalue weighted by Crippen LogP contribution is -2.17. The Hall–Kier alpha value is -1.10. The van der Waals surface area contributed by atoms with Crippen molar-refractivity contribution in [1.29, 1.82) is 0 Å². The Morgan fingerprint density at radius 2 is 2.07 bits per heavy atom. The highest BCUT2D eigenvalue weighted by molar-refractivity contribution is 7.92. The van der Waals surface area contributed by atoms with E-state index in [1.165, 1.54) is 12.1 Å². The molecule has 0 aliphatic rings. The Morgan fingerprint density at radius 1 is 1.40 bits per heavy atom. The molecule has 84 valence electrons. The molecule has 0 bridgehead atoms. The van der Waals surface area contributed by atoms with E-state index in [1.807, 2.05) is 0 Å². The first-order valence-corrected chi connectivity index (χ1v) is 6.36. The monoisotopic (exact) mass is 231 g/mol. The van der Waals surface area contributed by atoms with Crippen molar-refractivity contribution >= 4 is 15.7 Å². The number of halogens is 1. The first-order chi connectivity index (χ1) is 6.94. The van der Waals surface area contributed by atoms with Crippen molar-refractivity contribution < 1.29 is 12.8 Å². The highest BCUT2D eigenvalue weighted by Crippen LogP contribution is 2.17. The molecule has 0 atom stereocenters. The number of aryl methyl sites for hydroxylation is 1. The molecule has 0 amide bonds. The van der Waals surface area contributed by atoms with Crippen molar-refractivity contribution in [3.63, 3.8) is 0 Å². The van der Waals surface area contributed by atoms with E-state index in [4.69, 9.17) is 0 Å². The van der Waals surface area contributed by atoms with Gasteiger partial charge in [0.25, 0.3) is 0 Å². The number of sulfonamides is 1. The summed E-state index contributed by atoms with van der Waals surface area (Å²) < 4.78 is 38.2. The van der Waals surface area contributed by atoms with Crippen LogP contribution in [0.4, 0.5) is 10.1 Å². The molecule has 15 heavy (non-hydrogen) atoms. The molecule has 0 aliphatic heterocycles. The van der Waals surface area contributed by atoms with Crippen molar-refractivity contribution in [3.8, 4) is 0 Å². The van der Waals surface area contributed by atoms with Gasteiger partial charge in [-0.25, -0.2) is 12.8 Å². The Labute approximate surface area is 89.4 Å². The van der Waals surface area contributed by atoms with Gasteiger partial charge in [0.05, 0.1) is 11.4 Å². The summed E-state index contributed by atoms with van der Waals surface area (Å²) in [5.74, 6) is -0.555. The van der Waals surface area contributed by atoms with Crippen LogP contribution in [0.1, 0.15) is 18.9 Å². The maximum atomic E-state index is 13.2. The summed E-state index contributed by atoms with van der Waals surface area (Å²) in [6.45, 7) is 3.53. The fourth-order valence-electron chi connectivity index (χ4n) is 1.20. The van der Waals surface area contributed by atoms with Gasteiger partial charge >= 0.3 is 0 Å². The van der Waals surface area contributed by atoms with Crippen LogP contribution in [0.2, 0.25) is 0 Å². The lowest BCUT2D eigenvalue weighted by Gasteiger charge is -2.08.